The molecule has 0 aliphatic rings. The number of carbonyl (C=O) groups excluding carboxylic acids is 2. The molecule has 108 valence electrons. The molecule has 1 amide bonds. The maximum absolute atomic E-state index is 12.0. The third-order valence-corrected chi connectivity index (χ3v) is 2.42. The zero-order valence-corrected chi connectivity index (χ0v) is 11.0. The molecule has 0 spiro atoms. The average Bonchev–Trinajstić information content (AvgIpc) is 2.34. The van der Waals surface area contributed by atoms with Gasteiger partial charge in [-0.05, 0) is 19.1 Å². The van der Waals surface area contributed by atoms with E-state index in [1.165, 1.54) is 26.0 Å². The fourth-order valence-electron chi connectivity index (χ4n) is 1.51. The van der Waals surface area contributed by atoms with E-state index >= 15 is 0 Å². The average molecular weight is 281 g/mol. The summed E-state index contributed by atoms with van der Waals surface area (Å²) in [6, 6.07) is 4.45. The topological polar surface area (TPSA) is 113 Å². The van der Waals surface area contributed by atoms with Gasteiger partial charge in [0.15, 0.2) is 6.04 Å². The molecule has 3 N–H and O–H groups in total. The van der Waals surface area contributed by atoms with E-state index in [1.54, 1.807) is 12.1 Å². The summed E-state index contributed by atoms with van der Waals surface area (Å²) in [6.45, 7) is 2.43. The van der Waals surface area contributed by atoms with Crippen LogP contribution in [0.4, 0.5) is 0 Å². The summed E-state index contributed by atoms with van der Waals surface area (Å²) >= 11 is 0. The van der Waals surface area contributed by atoms with Crippen LogP contribution < -0.4 is 10.1 Å². The van der Waals surface area contributed by atoms with Crippen molar-refractivity contribution in [1.29, 1.82) is 0 Å². The highest BCUT2D eigenvalue weighted by Crippen LogP contribution is 2.18. The van der Waals surface area contributed by atoms with Gasteiger partial charge in [0, 0.05) is 6.92 Å². The first-order chi connectivity index (χ1) is 9.32. The quantitative estimate of drug-likeness (QED) is 0.524. The van der Waals surface area contributed by atoms with Crippen molar-refractivity contribution in [2.45, 2.75) is 26.0 Å². The normalized spacial score (nSPS) is 13.2. The molecule has 0 bridgehead atoms. The molecule has 7 nitrogen and oxygen atoms in total. The van der Waals surface area contributed by atoms with Crippen molar-refractivity contribution in [2.24, 2.45) is 0 Å². The van der Waals surface area contributed by atoms with Gasteiger partial charge in [0.1, 0.15) is 5.75 Å². The number of benzene rings is 1. The second-order valence-electron chi connectivity index (χ2n) is 4.12. The molecule has 7 heteroatoms. The van der Waals surface area contributed by atoms with Gasteiger partial charge in [-0.25, -0.2) is 4.79 Å². The van der Waals surface area contributed by atoms with Gasteiger partial charge in [-0.3, -0.25) is 9.59 Å². The Morgan fingerprint density at radius 2 is 1.85 bits per heavy atom. The van der Waals surface area contributed by atoms with E-state index in [9.17, 15) is 19.5 Å². The lowest BCUT2D eigenvalue weighted by Gasteiger charge is -2.17. The lowest BCUT2D eigenvalue weighted by molar-refractivity contribution is -0.141. The van der Waals surface area contributed by atoms with Crippen molar-refractivity contribution in [3.8, 4) is 5.75 Å². The van der Waals surface area contributed by atoms with Crippen LogP contribution in [0.3, 0.4) is 0 Å². The summed E-state index contributed by atoms with van der Waals surface area (Å²) in [5.41, 5.74) is 0.00889. The summed E-state index contributed by atoms with van der Waals surface area (Å²) < 4.78 is 4.86. The molecular formula is C13H15NO6. The summed E-state index contributed by atoms with van der Waals surface area (Å²) in [5.74, 6) is -2.70. The highest BCUT2D eigenvalue weighted by Gasteiger charge is 2.26. The third-order valence-electron chi connectivity index (χ3n) is 2.42. The number of carboxylic acids is 1. The van der Waals surface area contributed by atoms with Gasteiger partial charge < -0.3 is 20.3 Å². The molecule has 1 rings (SSSR count). The van der Waals surface area contributed by atoms with E-state index < -0.39 is 30.0 Å². The Bertz CT molecular complexity index is 525. The van der Waals surface area contributed by atoms with E-state index in [2.05, 4.69) is 5.32 Å². The minimum absolute atomic E-state index is 0.00889. The van der Waals surface area contributed by atoms with Crippen LogP contribution >= 0.6 is 0 Å². The number of hydrogen-bond donors (Lipinski definition) is 3. The van der Waals surface area contributed by atoms with E-state index in [-0.39, 0.29) is 11.3 Å². The van der Waals surface area contributed by atoms with Crippen molar-refractivity contribution in [1.82, 2.24) is 5.32 Å². The fourth-order valence-corrected chi connectivity index (χ4v) is 1.51. The molecule has 0 heterocycles. The van der Waals surface area contributed by atoms with Gasteiger partial charge in [-0.1, -0.05) is 12.1 Å². The maximum atomic E-state index is 12.0. The third kappa shape index (κ3) is 4.06. The minimum atomic E-state index is -1.45. The van der Waals surface area contributed by atoms with Crippen molar-refractivity contribution in [2.75, 3.05) is 0 Å². The number of amides is 1. The number of aliphatic hydroxyl groups excluding tert-OH is 1. The number of rotatable bonds is 5. The number of carbonyl (C=O) groups is 3. The molecule has 0 aliphatic carbocycles. The molecule has 20 heavy (non-hydrogen) atoms. The van der Waals surface area contributed by atoms with Crippen LogP contribution in [0.5, 0.6) is 5.75 Å². The number of aliphatic hydroxyl groups is 1. The van der Waals surface area contributed by atoms with E-state index in [4.69, 9.17) is 9.84 Å². The van der Waals surface area contributed by atoms with Crippen LogP contribution in [0, 0.1) is 0 Å². The zero-order valence-electron chi connectivity index (χ0n) is 11.0. The van der Waals surface area contributed by atoms with E-state index in [1.807, 2.05) is 0 Å². The summed E-state index contributed by atoms with van der Waals surface area (Å²) in [6.07, 6.45) is -1.27. The maximum Gasteiger partial charge on any atom is 0.328 e. The molecule has 1 aromatic rings. The van der Waals surface area contributed by atoms with Gasteiger partial charge in [0.25, 0.3) is 5.91 Å². The Morgan fingerprint density at radius 3 is 2.35 bits per heavy atom. The van der Waals surface area contributed by atoms with Crippen LogP contribution in [0.25, 0.3) is 0 Å². The second-order valence-corrected chi connectivity index (χ2v) is 4.12. The molecule has 0 saturated heterocycles. The predicted octanol–water partition coefficient (Wildman–Crippen LogP) is 0.176. The minimum Gasteiger partial charge on any atom is -0.480 e. The SMILES string of the molecule is CC(=O)Oc1ccccc1C(=O)NC(C(=O)O)C(C)O. The molecule has 2 unspecified atom stereocenters. The number of carboxylic acid groups (broad SMARTS) is 1. The second kappa shape index (κ2) is 6.67. The van der Waals surface area contributed by atoms with Crippen molar-refractivity contribution < 1.29 is 29.3 Å². The van der Waals surface area contributed by atoms with Crippen molar-refractivity contribution in [3.63, 3.8) is 0 Å². The number of para-hydroxylation sites is 1. The molecular weight excluding hydrogens is 266 g/mol. The number of esters is 1. The molecule has 0 saturated carbocycles. The first kappa shape index (κ1) is 15.6. The van der Waals surface area contributed by atoms with E-state index in [0.29, 0.717) is 0 Å². The largest absolute Gasteiger partial charge is 0.480 e. The Morgan fingerprint density at radius 1 is 1.25 bits per heavy atom. The number of nitrogens with one attached hydrogen (secondary N) is 1. The van der Waals surface area contributed by atoms with Crippen molar-refractivity contribution in [3.05, 3.63) is 29.8 Å². The van der Waals surface area contributed by atoms with Crippen molar-refractivity contribution >= 4 is 17.8 Å². The van der Waals surface area contributed by atoms with Gasteiger partial charge >= 0.3 is 11.9 Å². The summed E-state index contributed by atoms with van der Waals surface area (Å²) in [4.78, 5) is 33.8. The summed E-state index contributed by atoms with van der Waals surface area (Å²) in [5, 5.41) is 20.4. The van der Waals surface area contributed by atoms with Crippen LogP contribution in [0.15, 0.2) is 24.3 Å². The molecule has 1 aromatic carbocycles. The Balaban J connectivity index is 2.97. The first-order valence-electron chi connectivity index (χ1n) is 5.82. The number of aliphatic carboxylic acids is 1. The van der Waals surface area contributed by atoms with Crippen LogP contribution in [0.2, 0.25) is 0 Å². The summed E-state index contributed by atoms with van der Waals surface area (Å²) in [7, 11) is 0. The van der Waals surface area contributed by atoms with Crippen LogP contribution in [-0.2, 0) is 9.59 Å². The Labute approximate surface area is 115 Å². The van der Waals surface area contributed by atoms with Crippen LogP contribution in [0.1, 0.15) is 24.2 Å². The van der Waals surface area contributed by atoms with E-state index in [0.717, 1.165) is 0 Å². The molecule has 0 aliphatic heterocycles. The lowest BCUT2D eigenvalue weighted by atomic mass is 10.1. The van der Waals surface area contributed by atoms with Gasteiger partial charge in [-0.15, -0.1) is 0 Å². The standard InChI is InChI=1S/C13H15NO6/c1-7(15)11(13(18)19)14-12(17)9-5-3-4-6-10(9)20-8(2)16/h3-7,11,15H,1-2H3,(H,14,17)(H,18,19). The number of ether oxygens (including phenoxy) is 1. The monoisotopic (exact) mass is 281 g/mol. The van der Waals surface area contributed by atoms with Gasteiger partial charge in [0.05, 0.1) is 11.7 Å². The Hall–Kier alpha value is -2.41. The zero-order chi connectivity index (χ0) is 15.3. The highest BCUT2D eigenvalue weighted by molar-refractivity contribution is 5.99. The predicted molar refractivity (Wildman–Crippen MR) is 68.3 cm³/mol. The fraction of sp³-hybridized carbons (Fsp3) is 0.308. The Kier molecular flexibility index (Phi) is 5.22. The highest BCUT2D eigenvalue weighted by atomic mass is 16.5. The molecule has 0 radical (unpaired) electrons. The molecule has 0 aromatic heterocycles. The van der Waals surface area contributed by atoms with Crippen LogP contribution in [-0.4, -0.2) is 40.2 Å². The van der Waals surface area contributed by atoms with Gasteiger partial charge in [-0.2, -0.15) is 0 Å². The number of hydrogen-bond acceptors (Lipinski definition) is 5. The molecule has 2 atom stereocenters. The lowest BCUT2D eigenvalue weighted by Crippen LogP contribution is -2.47. The van der Waals surface area contributed by atoms with Gasteiger partial charge in [0.2, 0.25) is 0 Å². The first-order valence-corrected chi connectivity index (χ1v) is 5.82. The molecule has 0 fully saturated rings. The smallest absolute Gasteiger partial charge is 0.328 e.